The molecule has 0 saturated carbocycles. The van der Waals surface area contributed by atoms with Crippen molar-refractivity contribution in [3.63, 3.8) is 0 Å². The van der Waals surface area contributed by atoms with E-state index < -0.39 is 37.9 Å². The van der Waals surface area contributed by atoms with Crippen LogP contribution in [-0.2, 0) is 11.3 Å². The number of fused-ring (bicyclic) bond motifs is 2. The number of hydrogen-bond donors (Lipinski definition) is 1. The van der Waals surface area contributed by atoms with Crippen LogP contribution in [0, 0.1) is 0 Å². The third-order valence-corrected chi connectivity index (χ3v) is 5.66. The molecule has 0 unspecified atom stereocenters. The number of amides is 1. The number of carbonyl (C=O) groups is 1. The van der Waals surface area contributed by atoms with Gasteiger partial charge in [-0.25, -0.2) is 22.4 Å². The average molecular weight is 477 g/mol. The number of likely N-dealkylation sites (tertiary alicyclic amines) is 1. The maximum atomic E-state index is 14.6. The summed E-state index contributed by atoms with van der Waals surface area (Å²) in [5.41, 5.74) is 2.68. The van der Waals surface area contributed by atoms with Gasteiger partial charge < -0.3 is 15.0 Å². The van der Waals surface area contributed by atoms with E-state index in [1.54, 1.807) is 30.5 Å². The molecule has 4 aromatic rings. The molecule has 1 amide bonds. The van der Waals surface area contributed by atoms with Crippen LogP contribution in [0.4, 0.5) is 19.1 Å². The van der Waals surface area contributed by atoms with Crippen molar-refractivity contribution in [2.45, 2.75) is 32.0 Å². The molecule has 1 aliphatic rings. The number of aromatic nitrogens is 6. The van der Waals surface area contributed by atoms with Gasteiger partial charge in [-0.2, -0.15) is 4.98 Å². The van der Waals surface area contributed by atoms with Gasteiger partial charge in [0.15, 0.2) is 0 Å². The van der Waals surface area contributed by atoms with Gasteiger partial charge in [-0.15, -0.1) is 10.2 Å². The molecule has 1 saturated heterocycles. The summed E-state index contributed by atoms with van der Waals surface area (Å²) >= 11 is 0. The van der Waals surface area contributed by atoms with Crippen molar-refractivity contribution in [3.05, 3.63) is 30.5 Å². The molecule has 34 heavy (non-hydrogen) atoms. The Morgan fingerprint density at radius 2 is 2.21 bits per heavy atom. The molecular formula is C21H21F3N8O2. The van der Waals surface area contributed by atoms with Gasteiger partial charge in [0, 0.05) is 29.3 Å². The van der Waals surface area contributed by atoms with E-state index in [9.17, 15) is 18.0 Å². The molecular weight excluding hydrogens is 453 g/mol. The van der Waals surface area contributed by atoms with Gasteiger partial charge in [-0.05, 0) is 23.8 Å². The number of halogens is 3. The predicted molar refractivity (Wildman–Crippen MR) is 117 cm³/mol. The topological polar surface area (TPSA) is 102 Å². The molecule has 0 radical (unpaired) electrons. The summed E-state index contributed by atoms with van der Waals surface area (Å²) in [5.74, 6) is -0.955. The molecule has 0 aliphatic carbocycles. The van der Waals surface area contributed by atoms with Crippen LogP contribution in [0.5, 0.6) is 5.88 Å². The van der Waals surface area contributed by atoms with Crippen LogP contribution in [0.3, 0.4) is 0 Å². The summed E-state index contributed by atoms with van der Waals surface area (Å²) in [5, 5.41) is 14.9. The van der Waals surface area contributed by atoms with Crippen LogP contribution in [0.15, 0.2) is 30.5 Å². The summed E-state index contributed by atoms with van der Waals surface area (Å²) in [4.78, 5) is 17.3. The molecule has 5 rings (SSSR count). The minimum Gasteiger partial charge on any atom is -0.479 e. The third kappa shape index (κ3) is 3.86. The number of alkyl halides is 3. The molecule has 1 aromatic carbocycles. The second-order valence-electron chi connectivity index (χ2n) is 7.81. The smallest absolute Gasteiger partial charge is 0.258 e. The lowest BCUT2D eigenvalue weighted by atomic mass is 10.1. The number of nitrogens with zero attached hydrogens (tertiary/aromatic N) is 7. The molecule has 178 valence electrons. The Hall–Kier alpha value is -3.90. The van der Waals surface area contributed by atoms with Crippen molar-refractivity contribution in [1.29, 1.82) is 0 Å². The quantitative estimate of drug-likeness (QED) is 0.455. The van der Waals surface area contributed by atoms with Crippen LogP contribution in [0.2, 0.25) is 0 Å². The molecule has 3 aromatic heterocycles. The number of rotatable bonds is 6. The van der Waals surface area contributed by atoms with Gasteiger partial charge >= 0.3 is 0 Å². The number of anilines is 1. The maximum absolute atomic E-state index is 14.6. The molecule has 4 heterocycles. The normalized spacial score (nSPS) is 20.0. The fourth-order valence-electron chi connectivity index (χ4n) is 4.06. The zero-order chi connectivity index (χ0) is 26.5. The number of benzene rings is 1. The summed E-state index contributed by atoms with van der Waals surface area (Å²) in [6, 6.07) is 5.92. The van der Waals surface area contributed by atoms with Gasteiger partial charge in [0.2, 0.25) is 17.7 Å². The predicted octanol–water partition coefficient (Wildman–Crippen LogP) is 2.40. The maximum Gasteiger partial charge on any atom is 0.258 e. The van der Waals surface area contributed by atoms with Crippen molar-refractivity contribution in [3.8, 4) is 17.0 Å². The molecule has 10 nitrogen and oxygen atoms in total. The zero-order valence-corrected chi connectivity index (χ0v) is 17.8. The molecule has 0 bridgehead atoms. The van der Waals surface area contributed by atoms with E-state index in [0.717, 1.165) is 9.58 Å². The number of nitrogens with one attached hydrogen (secondary N) is 1. The molecule has 2 atom stereocenters. The number of hydrogen-bond acceptors (Lipinski definition) is 7. The van der Waals surface area contributed by atoms with Crippen LogP contribution < -0.4 is 10.1 Å². The Morgan fingerprint density at radius 3 is 2.97 bits per heavy atom. The Bertz CT molecular complexity index is 1470. The van der Waals surface area contributed by atoms with E-state index in [1.807, 2.05) is 0 Å². The Morgan fingerprint density at radius 1 is 1.35 bits per heavy atom. The number of methoxy groups -OCH3 is 1. The van der Waals surface area contributed by atoms with E-state index in [4.69, 9.17) is 8.85 Å². The molecule has 0 spiro atoms. The largest absolute Gasteiger partial charge is 0.479 e. The van der Waals surface area contributed by atoms with Gasteiger partial charge in [0.25, 0.3) is 6.43 Å². The van der Waals surface area contributed by atoms with Gasteiger partial charge in [-0.3, -0.25) is 4.79 Å². The monoisotopic (exact) mass is 477 g/mol. The standard InChI is InChI=1S/C21H21F3N8O2/c1-11(33)30-8-14(22)16(9-30)25-21-26-20(34-2)19-13(5-6-31(19)28-21)12-3-4-15-17(7-12)32(29-27-15)10-18(23)24/h3-7,14,16,18H,8-10H2,1-2H3,(H,25,28)/t14-,16+/m1/s1/i1D3. The highest BCUT2D eigenvalue weighted by Gasteiger charge is 2.35. The minimum absolute atomic E-state index is 0.0111. The van der Waals surface area contributed by atoms with Crippen molar-refractivity contribution in [2.75, 3.05) is 25.5 Å². The minimum atomic E-state index is -2.86. The molecule has 1 N–H and O–H groups in total. The van der Waals surface area contributed by atoms with E-state index >= 15 is 0 Å². The third-order valence-electron chi connectivity index (χ3n) is 5.66. The van der Waals surface area contributed by atoms with E-state index in [-0.39, 0.29) is 24.9 Å². The SMILES string of the molecule is [2H]C([2H])([2H])C(=O)N1C[C@@H](F)[C@@H](Nc2nc(OC)c3c(-c4ccc5nnn(CC(F)F)c5c4)ccn3n2)C1. The van der Waals surface area contributed by atoms with Gasteiger partial charge in [0.05, 0.1) is 25.2 Å². The van der Waals surface area contributed by atoms with Gasteiger partial charge in [-0.1, -0.05) is 11.3 Å². The Balaban J connectivity index is 1.45. The molecule has 1 fully saturated rings. The summed E-state index contributed by atoms with van der Waals surface area (Å²) in [7, 11) is 1.40. The van der Waals surface area contributed by atoms with E-state index in [1.165, 1.54) is 11.6 Å². The molecule has 13 heteroatoms. The first-order valence-corrected chi connectivity index (χ1v) is 10.3. The van der Waals surface area contributed by atoms with Crippen LogP contribution in [0.1, 0.15) is 11.0 Å². The second-order valence-corrected chi connectivity index (χ2v) is 7.81. The van der Waals surface area contributed by atoms with E-state index in [2.05, 4.69) is 25.7 Å². The lowest BCUT2D eigenvalue weighted by molar-refractivity contribution is -0.128. The van der Waals surface area contributed by atoms with Crippen molar-refractivity contribution >= 4 is 28.4 Å². The number of carbonyl (C=O) groups excluding carboxylic acids is 1. The fraction of sp³-hybridized carbons (Fsp3) is 0.381. The van der Waals surface area contributed by atoms with Crippen molar-refractivity contribution in [2.24, 2.45) is 0 Å². The van der Waals surface area contributed by atoms with Crippen molar-refractivity contribution < 1.29 is 26.8 Å². The van der Waals surface area contributed by atoms with E-state index in [0.29, 0.717) is 27.7 Å². The zero-order valence-electron chi connectivity index (χ0n) is 20.8. The summed E-state index contributed by atoms with van der Waals surface area (Å²) in [6.45, 7) is -3.98. The molecule has 1 aliphatic heterocycles. The highest BCUT2D eigenvalue weighted by Crippen LogP contribution is 2.33. The number of ether oxygens (including phenoxy) is 1. The van der Waals surface area contributed by atoms with Crippen LogP contribution in [-0.4, -0.2) is 79.2 Å². The second kappa shape index (κ2) is 8.47. The summed E-state index contributed by atoms with van der Waals surface area (Å²) in [6.07, 6.45) is -2.49. The van der Waals surface area contributed by atoms with Crippen molar-refractivity contribution in [1.82, 2.24) is 34.5 Å². The lowest BCUT2D eigenvalue weighted by Gasteiger charge is -2.16. The highest BCUT2D eigenvalue weighted by atomic mass is 19.3. The van der Waals surface area contributed by atoms with Crippen LogP contribution >= 0.6 is 0 Å². The first kappa shape index (κ1) is 18.5. The van der Waals surface area contributed by atoms with Gasteiger partial charge in [0.1, 0.15) is 23.7 Å². The Labute approximate surface area is 195 Å². The average Bonchev–Trinajstić information content (AvgIpc) is 3.54. The highest BCUT2D eigenvalue weighted by molar-refractivity contribution is 5.89. The lowest BCUT2D eigenvalue weighted by Crippen LogP contribution is -2.32. The Kier molecular flexibility index (Phi) is 4.61. The summed E-state index contributed by atoms with van der Waals surface area (Å²) < 4.78 is 70.3. The fourth-order valence-corrected chi connectivity index (χ4v) is 4.06. The first-order valence-electron chi connectivity index (χ1n) is 11.8. The van der Waals surface area contributed by atoms with Crippen LogP contribution in [0.25, 0.3) is 27.7 Å². The first-order chi connectivity index (χ1) is 17.5.